The molecule has 0 bridgehead atoms. The third kappa shape index (κ3) is 5.51. The van der Waals surface area contributed by atoms with E-state index in [2.05, 4.69) is 22.6 Å². The average Bonchev–Trinajstić information content (AvgIpc) is 3.49. The number of benzene rings is 2. The lowest BCUT2D eigenvalue weighted by Crippen LogP contribution is -2.41. The topological polar surface area (TPSA) is 113 Å². The zero-order valence-corrected chi connectivity index (χ0v) is 18.9. The molecule has 2 unspecified atom stereocenters. The number of carbonyl (C=O) groups is 3. The molecule has 8 heteroatoms. The smallest absolute Gasteiger partial charge is 0.326 e. The minimum absolute atomic E-state index is 0.00679. The van der Waals surface area contributed by atoms with Gasteiger partial charge in [0, 0.05) is 26.0 Å². The van der Waals surface area contributed by atoms with E-state index in [1.165, 1.54) is 6.92 Å². The Morgan fingerprint density at radius 3 is 2.50 bits per heavy atom. The van der Waals surface area contributed by atoms with Crippen molar-refractivity contribution in [2.24, 2.45) is 0 Å². The molecule has 1 aliphatic rings. The van der Waals surface area contributed by atoms with Crippen LogP contribution in [-0.2, 0) is 27.2 Å². The number of nitrogens with zero attached hydrogens (tertiary/aromatic N) is 2. The molecule has 8 nitrogen and oxygen atoms in total. The fourth-order valence-electron chi connectivity index (χ4n) is 4.32. The van der Waals surface area contributed by atoms with E-state index in [1.54, 1.807) is 11.0 Å². The maximum atomic E-state index is 13.1. The summed E-state index contributed by atoms with van der Waals surface area (Å²) in [7, 11) is 0. The maximum absolute atomic E-state index is 13.1. The van der Waals surface area contributed by atoms with Crippen molar-refractivity contribution < 1.29 is 24.0 Å². The average molecular weight is 462 g/mol. The summed E-state index contributed by atoms with van der Waals surface area (Å²) in [5.74, 6) is -1.03. The molecule has 2 heterocycles. The SMILES string of the molecule is CC(=O)NC(Cc1cc(C2CCCN2C(=O)Cc2ccc(-c3ccccc3)cc2)on1)C(=O)O. The van der Waals surface area contributed by atoms with E-state index in [-0.39, 0.29) is 24.8 Å². The summed E-state index contributed by atoms with van der Waals surface area (Å²) in [6, 6.07) is 18.4. The first-order valence-electron chi connectivity index (χ1n) is 11.3. The minimum Gasteiger partial charge on any atom is -0.480 e. The highest BCUT2D eigenvalue weighted by Gasteiger charge is 2.33. The summed E-state index contributed by atoms with van der Waals surface area (Å²) in [6.45, 7) is 1.90. The van der Waals surface area contributed by atoms with Crippen LogP contribution >= 0.6 is 0 Å². The molecule has 2 atom stereocenters. The first-order chi connectivity index (χ1) is 16.4. The molecular formula is C26H27N3O5. The molecule has 3 aromatic rings. The Hall–Kier alpha value is -3.94. The first kappa shape index (κ1) is 23.2. The number of aliphatic carboxylic acids is 1. The van der Waals surface area contributed by atoms with Gasteiger partial charge in [-0.3, -0.25) is 9.59 Å². The van der Waals surface area contributed by atoms with Gasteiger partial charge in [-0.1, -0.05) is 59.8 Å². The quantitative estimate of drug-likeness (QED) is 0.532. The van der Waals surface area contributed by atoms with Crippen LogP contribution in [-0.4, -0.2) is 45.5 Å². The van der Waals surface area contributed by atoms with Crippen LogP contribution in [0.1, 0.15) is 42.8 Å². The second-order valence-electron chi connectivity index (χ2n) is 8.50. The van der Waals surface area contributed by atoms with Gasteiger partial charge >= 0.3 is 5.97 Å². The molecule has 2 N–H and O–H groups in total. The Morgan fingerprint density at radius 2 is 1.82 bits per heavy atom. The molecule has 1 aliphatic heterocycles. The fraction of sp³-hybridized carbons (Fsp3) is 0.308. The summed E-state index contributed by atoms with van der Waals surface area (Å²) in [5.41, 5.74) is 3.59. The van der Waals surface area contributed by atoms with Crippen molar-refractivity contribution in [3.05, 3.63) is 77.7 Å². The molecular weight excluding hydrogens is 434 g/mol. The summed E-state index contributed by atoms with van der Waals surface area (Å²) >= 11 is 0. The lowest BCUT2D eigenvalue weighted by atomic mass is 10.0. The van der Waals surface area contributed by atoms with Gasteiger partial charge in [0.05, 0.1) is 18.2 Å². The monoisotopic (exact) mass is 461 g/mol. The Kier molecular flexibility index (Phi) is 7.06. The molecule has 1 aromatic heterocycles. The van der Waals surface area contributed by atoms with E-state index in [0.717, 1.165) is 29.5 Å². The summed E-state index contributed by atoms with van der Waals surface area (Å²) in [6.07, 6.45) is 1.90. The number of aromatic nitrogens is 1. The molecule has 2 amide bonds. The molecule has 34 heavy (non-hydrogen) atoms. The van der Waals surface area contributed by atoms with E-state index in [0.29, 0.717) is 18.0 Å². The second kappa shape index (κ2) is 10.3. The van der Waals surface area contributed by atoms with Gasteiger partial charge in [0.1, 0.15) is 6.04 Å². The molecule has 4 rings (SSSR count). The predicted molar refractivity (Wildman–Crippen MR) is 125 cm³/mol. The van der Waals surface area contributed by atoms with Crippen molar-refractivity contribution in [2.45, 2.75) is 44.7 Å². The third-order valence-electron chi connectivity index (χ3n) is 5.98. The van der Waals surface area contributed by atoms with Crippen molar-refractivity contribution in [2.75, 3.05) is 6.54 Å². The van der Waals surface area contributed by atoms with Gasteiger partial charge in [-0.15, -0.1) is 0 Å². The highest BCUT2D eigenvalue weighted by Crippen LogP contribution is 2.33. The first-order valence-corrected chi connectivity index (χ1v) is 11.3. The standard InChI is InChI=1S/C26H27N3O5/c1-17(30)27-22(26(32)33)15-21-16-24(34-28-21)23-8-5-13-29(23)25(31)14-18-9-11-20(12-10-18)19-6-3-2-4-7-19/h2-4,6-7,9-12,16,22-23H,5,8,13-15H2,1H3,(H,27,30)(H,32,33). The number of nitrogens with one attached hydrogen (secondary N) is 1. The van der Waals surface area contributed by atoms with Crippen molar-refractivity contribution in [1.82, 2.24) is 15.4 Å². The summed E-state index contributed by atoms with van der Waals surface area (Å²) < 4.78 is 5.48. The summed E-state index contributed by atoms with van der Waals surface area (Å²) in [4.78, 5) is 37.5. The lowest BCUT2D eigenvalue weighted by molar-refractivity contribution is -0.141. The van der Waals surface area contributed by atoms with Crippen LogP contribution in [0.25, 0.3) is 11.1 Å². The van der Waals surface area contributed by atoms with Crippen molar-refractivity contribution in [3.63, 3.8) is 0 Å². The molecule has 0 saturated carbocycles. The van der Waals surface area contributed by atoms with Crippen LogP contribution in [0.5, 0.6) is 0 Å². The normalized spacial score (nSPS) is 16.3. The molecule has 2 aromatic carbocycles. The number of carbonyl (C=O) groups excluding carboxylic acids is 2. The molecule has 0 spiro atoms. The van der Waals surface area contributed by atoms with Crippen molar-refractivity contribution >= 4 is 17.8 Å². The number of amides is 2. The van der Waals surface area contributed by atoms with Gasteiger partial charge in [0.2, 0.25) is 11.8 Å². The Labute approximate surface area is 197 Å². The van der Waals surface area contributed by atoms with E-state index < -0.39 is 17.9 Å². The number of carboxylic acid groups (broad SMARTS) is 1. The van der Waals surface area contributed by atoms with Gasteiger partial charge in [-0.25, -0.2) is 4.79 Å². The summed E-state index contributed by atoms with van der Waals surface area (Å²) in [5, 5.41) is 15.7. The largest absolute Gasteiger partial charge is 0.480 e. The lowest BCUT2D eigenvalue weighted by Gasteiger charge is -2.22. The highest BCUT2D eigenvalue weighted by atomic mass is 16.5. The Morgan fingerprint density at radius 1 is 1.12 bits per heavy atom. The van der Waals surface area contributed by atoms with E-state index in [9.17, 15) is 19.5 Å². The van der Waals surface area contributed by atoms with Gasteiger partial charge in [0.25, 0.3) is 0 Å². The van der Waals surface area contributed by atoms with E-state index >= 15 is 0 Å². The van der Waals surface area contributed by atoms with Crippen molar-refractivity contribution in [1.29, 1.82) is 0 Å². The van der Waals surface area contributed by atoms with Gasteiger partial charge < -0.3 is 19.8 Å². The highest BCUT2D eigenvalue weighted by molar-refractivity contribution is 5.82. The van der Waals surface area contributed by atoms with Crippen LogP contribution in [0.2, 0.25) is 0 Å². The van der Waals surface area contributed by atoms with Crippen LogP contribution in [0.4, 0.5) is 0 Å². The molecule has 1 fully saturated rings. The number of rotatable bonds is 8. The van der Waals surface area contributed by atoms with Crippen LogP contribution in [0.15, 0.2) is 65.2 Å². The Balaban J connectivity index is 1.41. The number of hydrogen-bond donors (Lipinski definition) is 2. The number of likely N-dealkylation sites (tertiary alicyclic amines) is 1. The van der Waals surface area contributed by atoms with Crippen molar-refractivity contribution in [3.8, 4) is 11.1 Å². The molecule has 176 valence electrons. The number of carboxylic acids is 1. The molecule has 0 aliphatic carbocycles. The molecule has 1 saturated heterocycles. The third-order valence-corrected chi connectivity index (χ3v) is 5.98. The van der Waals surface area contributed by atoms with E-state index in [4.69, 9.17) is 4.52 Å². The Bertz CT molecular complexity index is 1160. The van der Waals surface area contributed by atoms with Gasteiger partial charge in [0.15, 0.2) is 5.76 Å². The predicted octanol–water partition coefficient (Wildman–Crippen LogP) is 3.38. The maximum Gasteiger partial charge on any atom is 0.326 e. The van der Waals surface area contributed by atoms with Gasteiger partial charge in [-0.05, 0) is 29.5 Å². The number of hydrogen-bond acceptors (Lipinski definition) is 5. The van der Waals surface area contributed by atoms with Gasteiger partial charge in [-0.2, -0.15) is 0 Å². The minimum atomic E-state index is -1.14. The molecule has 0 radical (unpaired) electrons. The van der Waals surface area contributed by atoms with Crippen LogP contribution in [0.3, 0.4) is 0 Å². The fourth-order valence-corrected chi connectivity index (χ4v) is 4.32. The van der Waals surface area contributed by atoms with E-state index in [1.807, 2.05) is 42.5 Å². The zero-order chi connectivity index (χ0) is 24.1. The second-order valence-corrected chi connectivity index (χ2v) is 8.50. The van der Waals surface area contributed by atoms with Crippen LogP contribution in [0, 0.1) is 0 Å². The van der Waals surface area contributed by atoms with Crippen LogP contribution < -0.4 is 5.32 Å². The zero-order valence-electron chi connectivity index (χ0n) is 18.9.